The van der Waals surface area contributed by atoms with Crippen molar-refractivity contribution in [2.45, 2.75) is 13.0 Å². The molecule has 200 valence electrons. The number of nitrogens with zero attached hydrogens (tertiary/aromatic N) is 2. The van der Waals surface area contributed by atoms with Gasteiger partial charge in [-0.25, -0.2) is 13.8 Å². The monoisotopic (exact) mass is 576 g/mol. The smallest absolute Gasteiger partial charge is 0.260 e. The summed E-state index contributed by atoms with van der Waals surface area (Å²) in [7, 11) is -3.83. The minimum Gasteiger partial charge on any atom is -0.484 e. The third-order valence-electron chi connectivity index (χ3n) is 5.22. The molecule has 0 aliphatic rings. The number of halogens is 2. The number of carbonyl (C=O) groups excluding carboxylic acids is 2. The van der Waals surface area contributed by atoms with Crippen molar-refractivity contribution in [2.75, 3.05) is 23.7 Å². The lowest BCUT2D eigenvalue weighted by Gasteiger charge is -2.22. The van der Waals surface area contributed by atoms with Crippen LogP contribution in [-0.4, -0.2) is 45.9 Å². The van der Waals surface area contributed by atoms with Crippen molar-refractivity contribution in [3.8, 4) is 5.75 Å². The van der Waals surface area contributed by atoms with Crippen LogP contribution in [0.4, 0.5) is 5.69 Å². The van der Waals surface area contributed by atoms with E-state index in [1.165, 1.54) is 24.4 Å². The summed E-state index contributed by atoms with van der Waals surface area (Å²) in [6.07, 6.45) is 2.34. The second-order valence-corrected chi connectivity index (χ2v) is 10.9. The second-order valence-electron chi connectivity index (χ2n) is 8.19. The Bertz CT molecular complexity index is 1400. The van der Waals surface area contributed by atoms with Crippen molar-refractivity contribution >= 4 is 56.9 Å². The lowest BCUT2D eigenvalue weighted by Crippen LogP contribution is -2.39. The molecule has 0 aromatic heterocycles. The van der Waals surface area contributed by atoms with Crippen molar-refractivity contribution in [3.63, 3.8) is 0 Å². The molecule has 0 radical (unpaired) electrons. The number of ether oxygens (including phenoxy) is 1. The maximum absolute atomic E-state index is 12.4. The van der Waals surface area contributed by atoms with Gasteiger partial charge in [0.2, 0.25) is 10.0 Å². The summed E-state index contributed by atoms with van der Waals surface area (Å²) in [6, 6.07) is 20.6. The van der Waals surface area contributed by atoms with Crippen LogP contribution in [0.5, 0.6) is 5.75 Å². The van der Waals surface area contributed by atoms with Gasteiger partial charge in [0.05, 0.1) is 34.2 Å². The Balaban J connectivity index is 1.50. The van der Waals surface area contributed by atoms with E-state index in [9.17, 15) is 18.0 Å². The second kappa shape index (κ2) is 13.3. The zero-order valence-electron chi connectivity index (χ0n) is 20.6. The molecule has 0 saturated carbocycles. The first-order valence-corrected chi connectivity index (χ1v) is 14.0. The molecule has 0 aliphatic carbocycles. The first-order valence-electron chi connectivity index (χ1n) is 11.4. The Kier molecular flexibility index (Phi) is 10.1. The van der Waals surface area contributed by atoms with Crippen molar-refractivity contribution < 1.29 is 22.7 Å². The number of anilines is 1. The molecule has 0 aliphatic heterocycles. The quantitative estimate of drug-likeness (QED) is 0.262. The molecule has 1 atom stereocenters. The fraction of sp³-hybridized carbons (Fsp3) is 0.192. The van der Waals surface area contributed by atoms with Crippen molar-refractivity contribution in [1.82, 2.24) is 10.7 Å². The maximum Gasteiger partial charge on any atom is 0.260 e. The number of nitrogens with one attached hydrogen (secondary N) is 2. The third-order valence-corrected chi connectivity index (χ3v) is 7.15. The van der Waals surface area contributed by atoms with E-state index in [0.717, 1.165) is 16.1 Å². The van der Waals surface area contributed by atoms with Crippen LogP contribution in [-0.2, 0) is 19.6 Å². The Morgan fingerprint density at radius 1 is 1.00 bits per heavy atom. The zero-order chi connectivity index (χ0) is 27.7. The number of hydrogen-bond donors (Lipinski definition) is 2. The highest BCUT2D eigenvalue weighted by atomic mass is 35.5. The molecule has 9 nitrogen and oxygen atoms in total. The Morgan fingerprint density at radius 2 is 1.68 bits per heavy atom. The molecule has 3 rings (SSSR count). The van der Waals surface area contributed by atoms with Crippen LogP contribution in [0.25, 0.3) is 0 Å². The minimum absolute atomic E-state index is 0.0152. The van der Waals surface area contributed by atoms with E-state index in [2.05, 4.69) is 15.8 Å². The molecule has 2 N–H and O–H groups in total. The van der Waals surface area contributed by atoms with Gasteiger partial charge in [0.15, 0.2) is 6.61 Å². The van der Waals surface area contributed by atoms with Gasteiger partial charge in [-0.1, -0.05) is 59.6 Å². The van der Waals surface area contributed by atoms with E-state index in [-0.39, 0.29) is 34.3 Å². The number of sulfonamides is 1. The van der Waals surface area contributed by atoms with Crippen LogP contribution in [0.15, 0.2) is 77.9 Å². The van der Waals surface area contributed by atoms with Crippen molar-refractivity contribution in [1.29, 1.82) is 0 Å². The predicted octanol–water partition coefficient (Wildman–Crippen LogP) is 4.17. The standard InChI is InChI=1S/C26H26Cl2N4O5S/c1-18(20-7-4-3-5-8-20)30-25(34)17-37-21-13-11-19(12-14-21)15-29-31-24(33)16-32(38(2,35)36)23-10-6-9-22(27)26(23)28/h3-15,18H,16-17H2,1-2H3,(H,30,34)(H,31,33)/b29-15-/t18-/m0/s1. The van der Waals surface area contributed by atoms with Gasteiger partial charge in [-0.2, -0.15) is 5.10 Å². The molecular formula is C26H26Cl2N4O5S. The maximum atomic E-state index is 12.4. The Morgan fingerprint density at radius 3 is 2.34 bits per heavy atom. The van der Waals surface area contributed by atoms with Gasteiger partial charge in [-0.3, -0.25) is 13.9 Å². The molecule has 3 aromatic rings. The average molecular weight is 577 g/mol. The Labute approximate surface area is 231 Å². The molecule has 2 amide bonds. The molecule has 0 spiro atoms. The molecule has 0 fully saturated rings. The van der Waals surface area contributed by atoms with Gasteiger partial charge >= 0.3 is 0 Å². The number of benzene rings is 3. The van der Waals surface area contributed by atoms with Gasteiger partial charge in [-0.15, -0.1) is 0 Å². The summed E-state index contributed by atoms with van der Waals surface area (Å²) in [6.45, 7) is 1.20. The zero-order valence-corrected chi connectivity index (χ0v) is 22.9. The first kappa shape index (κ1) is 29.0. The third kappa shape index (κ3) is 8.47. The minimum atomic E-state index is -3.83. The summed E-state index contributed by atoms with van der Waals surface area (Å²) >= 11 is 12.1. The highest BCUT2D eigenvalue weighted by Gasteiger charge is 2.23. The van der Waals surface area contributed by atoms with Gasteiger partial charge in [0, 0.05) is 0 Å². The van der Waals surface area contributed by atoms with Crippen LogP contribution in [0.2, 0.25) is 10.0 Å². The molecule has 0 saturated heterocycles. The molecule has 38 heavy (non-hydrogen) atoms. The van der Waals surface area contributed by atoms with Crippen LogP contribution in [0.1, 0.15) is 24.1 Å². The van der Waals surface area contributed by atoms with Gasteiger partial charge in [-0.05, 0) is 54.4 Å². The summed E-state index contributed by atoms with van der Waals surface area (Å²) in [5.74, 6) is -0.453. The molecule has 0 bridgehead atoms. The summed E-state index contributed by atoms with van der Waals surface area (Å²) in [4.78, 5) is 24.5. The number of amides is 2. The SMILES string of the molecule is C[C@H](NC(=O)COc1ccc(/C=N\NC(=O)CN(c2cccc(Cl)c2Cl)S(C)(=O)=O)cc1)c1ccccc1. The molecule has 12 heteroatoms. The van der Waals surface area contributed by atoms with Crippen LogP contribution < -0.4 is 19.8 Å². The van der Waals surface area contributed by atoms with E-state index in [0.29, 0.717) is 11.3 Å². The normalized spacial score (nSPS) is 12.1. The summed E-state index contributed by atoms with van der Waals surface area (Å²) in [5.41, 5.74) is 4.00. The topological polar surface area (TPSA) is 117 Å². The summed E-state index contributed by atoms with van der Waals surface area (Å²) in [5, 5.41) is 6.91. The van der Waals surface area contributed by atoms with Gasteiger partial charge in [0.1, 0.15) is 12.3 Å². The highest BCUT2D eigenvalue weighted by Crippen LogP contribution is 2.33. The average Bonchev–Trinajstić information content (AvgIpc) is 2.88. The van der Waals surface area contributed by atoms with E-state index < -0.39 is 22.5 Å². The van der Waals surface area contributed by atoms with E-state index in [1.54, 1.807) is 24.3 Å². The summed E-state index contributed by atoms with van der Waals surface area (Å²) < 4.78 is 30.9. The molecular weight excluding hydrogens is 551 g/mol. The van der Waals surface area contributed by atoms with E-state index in [4.69, 9.17) is 27.9 Å². The van der Waals surface area contributed by atoms with Crippen molar-refractivity contribution in [2.24, 2.45) is 5.10 Å². The first-order chi connectivity index (χ1) is 18.0. The van der Waals surface area contributed by atoms with Crippen molar-refractivity contribution in [3.05, 3.63) is 94.0 Å². The Hall–Kier alpha value is -3.60. The number of carbonyl (C=O) groups is 2. The molecule has 0 heterocycles. The largest absolute Gasteiger partial charge is 0.484 e. The number of hydrazone groups is 1. The van der Waals surface area contributed by atoms with Crippen LogP contribution >= 0.6 is 23.2 Å². The predicted molar refractivity (Wildman–Crippen MR) is 149 cm³/mol. The van der Waals surface area contributed by atoms with E-state index in [1.807, 2.05) is 37.3 Å². The number of hydrogen-bond acceptors (Lipinski definition) is 6. The van der Waals surface area contributed by atoms with Gasteiger partial charge in [0.25, 0.3) is 11.8 Å². The molecule has 3 aromatic carbocycles. The highest BCUT2D eigenvalue weighted by molar-refractivity contribution is 7.92. The fourth-order valence-corrected chi connectivity index (χ4v) is 4.63. The van der Waals surface area contributed by atoms with E-state index >= 15 is 0 Å². The van der Waals surface area contributed by atoms with Crippen LogP contribution in [0.3, 0.4) is 0 Å². The van der Waals surface area contributed by atoms with Gasteiger partial charge < -0.3 is 10.1 Å². The lowest BCUT2D eigenvalue weighted by atomic mass is 10.1. The van der Waals surface area contributed by atoms with Crippen LogP contribution in [0, 0.1) is 0 Å². The lowest BCUT2D eigenvalue weighted by molar-refractivity contribution is -0.123. The number of rotatable bonds is 11. The fourth-order valence-electron chi connectivity index (χ4n) is 3.32. The molecule has 0 unspecified atom stereocenters.